The van der Waals surface area contributed by atoms with Crippen LogP contribution in [0.25, 0.3) is 0 Å². The van der Waals surface area contributed by atoms with Crippen molar-refractivity contribution < 1.29 is 14.7 Å². The van der Waals surface area contributed by atoms with E-state index in [4.69, 9.17) is 5.11 Å². The van der Waals surface area contributed by atoms with E-state index in [9.17, 15) is 9.59 Å². The number of nitrogens with zero attached hydrogens (tertiary/aromatic N) is 1. The van der Waals surface area contributed by atoms with Crippen molar-refractivity contribution in [1.29, 1.82) is 0 Å². The van der Waals surface area contributed by atoms with E-state index in [1.165, 1.54) is 5.56 Å². The molecule has 2 fully saturated rings. The lowest BCUT2D eigenvalue weighted by Crippen LogP contribution is -2.56. The number of carboxylic acids is 1. The fourth-order valence-electron chi connectivity index (χ4n) is 3.84. The molecule has 5 nitrogen and oxygen atoms in total. The quantitative estimate of drug-likeness (QED) is 0.900. The molecule has 1 atom stereocenters. The number of amides is 2. The molecule has 1 aliphatic heterocycles. The minimum Gasteiger partial charge on any atom is -0.481 e. The van der Waals surface area contributed by atoms with E-state index < -0.39 is 11.9 Å². The van der Waals surface area contributed by atoms with Crippen LogP contribution in [0, 0.1) is 5.92 Å². The molecule has 2 aliphatic rings. The van der Waals surface area contributed by atoms with Crippen molar-refractivity contribution in [3.63, 3.8) is 0 Å². The molecule has 0 radical (unpaired) electrons. The first-order valence-corrected chi connectivity index (χ1v) is 8.32. The lowest BCUT2D eigenvalue weighted by atomic mass is 9.63. The second-order valence-electron chi connectivity index (χ2n) is 7.10. The smallest absolute Gasteiger partial charge is 0.317 e. The average Bonchev–Trinajstić information content (AvgIpc) is 2.54. The Morgan fingerprint density at radius 1 is 1.26 bits per heavy atom. The molecule has 1 aromatic carbocycles. The summed E-state index contributed by atoms with van der Waals surface area (Å²) in [6, 6.07) is 10.5. The number of hydrogen-bond donors (Lipinski definition) is 2. The molecule has 0 bridgehead atoms. The Morgan fingerprint density at radius 3 is 2.61 bits per heavy atom. The molecule has 1 unspecified atom stereocenters. The molecule has 124 valence electrons. The molecule has 2 amide bonds. The summed E-state index contributed by atoms with van der Waals surface area (Å²) in [5.74, 6) is -1.23. The number of carboxylic acid groups (broad SMARTS) is 1. The van der Waals surface area contributed by atoms with Crippen molar-refractivity contribution in [3.05, 3.63) is 35.9 Å². The summed E-state index contributed by atoms with van der Waals surface area (Å²) in [5, 5.41) is 12.2. The van der Waals surface area contributed by atoms with Gasteiger partial charge in [0, 0.05) is 19.1 Å². The monoisotopic (exact) mass is 316 g/mol. The number of hydrogen-bond acceptors (Lipinski definition) is 2. The fourth-order valence-corrected chi connectivity index (χ4v) is 3.84. The summed E-state index contributed by atoms with van der Waals surface area (Å²) in [7, 11) is 0. The lowest BCUT2D eigenvalue weighted by molar-refractivity contribution is -0.143. The van der Waals surface area contributed by atoms with Gasteiger partial charge >= 0.3 is 12.0 Å². The van der Waals surface area contributed by atoms with Crippen LogP contribution in [0.3, 0.4) is 0 Å². The second-order valence-corrected chi connectivity index (χ2v) is 7.10. The Bertz CT molecular complexity index is 581. The first kappa shape index (κ1) is 15.8. The van der Waals surface area contributed by atoms with Gasteiger partial charge in [-0.15, -0.1) is 0 Å². The maximum absolute atomic E-state index is 12.3. The van der Waals surface area contributed by atoms with Crippen LogP contribution in [0.4, 0.5) is 4.79 Å². The van der Waals surface area contributed by atoms with Crippen LogP contribution in [0.15, 0.2) is 30.3 Å². The maximum Gasteiger partial charge on any atom is 0.317 e. The number of carbonyl (C=O) groups excluding carboxylic acids is 1. The first-order chi connectivity index (χ1) is 11.0. The summed E-state index contributed by atoms with van der Waals surface area (Å²) in [5.41, 5.74) is 1.44. The third kappa shape index (κ3) is 3.33. The minimum atomic E-state index is -0.803. The van der Waals surface area contributed by atoms with Crippen LogP contribution in [-0.4, -0.2) is 41.1 Å². The molecule has 1 heterocycles. The van der Waals surface area contributed by atoms with Crippen LogP contribution in [0.1, 0.15) is 38.2 Å². The van der Waals surface area contributed by atoms with E-state index in [1.54, 1.807) is 4.90 Å². The molecule has 2 N–H and O–H groups in total. The van der Waals surface area contributed by atoms with Gasteiger partial charge < -0.3 is 15.3 Å². The SMILES string of the molecule is CC1(c2ccccc2)CC(NC(=O)N2CCCC(C(=O)O)C2)C1. The van der Waals surface area contributed by atoms with E-state index >= 15 is 0 Å². The van der Waals surface area contributed by atoms with Gasteiger partial charge in [-0.3, -0.25) is 4.79 Å². The highest BCUT2D eigenvalue weighted by molar-refractivity contribution is 5.77. The van der Waals surface area contributed by atoms with E-state index in [2.05, 4.69) is 24.4 Å². The van der Waals surface area contributed by atoms with Crippen molar-refractivity contribution in [3.8, 4) is 0 Å². The van der Waals surface area contributed by atoms with Crippen LogP contribution >= 0.6 is 0 Å². The van der Waals surface area contributed by atoms with Crippen molar-refractivity contribution in [2.75, 3.05) is 13.1 Å². The maximum atomic E-state index is 12.3. The summed E-state index contributed by atoms with van der Waals surface area (Å²) in [6.45, 7) is 3.20. The molecule has 1 aromatic rings. The topological polar surface area (TPSA) is 69.6 Å². The highest BCUT2D eigenvalue weighted by atomic mass is 16.4. The van der Waals surface area contributed by atoms with Crippen molar-refractivity contribution >= 4 is 12.0 Å². The zero-order valence-corrected chi connectivity index (χ0v) is 13.5. The van der Waals surface area contributed by atoms with Gasteiger partial charge in [-0.05, 0) is 36.7 Å². The van der Waals surface area contributed by atoms with E-state index in [0.29, 0.717) is 19.5 Å². The summed E-state index contributed by atoms with van der Waals surface area (Å²) >= 11 is 0. The van der Waals surface area contributed by atoms with Crippen LogP contribution < -0.4 is 5.32 Å². The number of benzene rings is 1. The molecular weight excluding hydrogens is 292 g/mol. The number of aliphatic carboxylic acids is 1. The Labute approximate surface area is 136 Å². The Morgan fingerprint density at radius 2 is 1.96 bits per heavy atom. The van der Waals surface area contributed by atoms with Crippen molar-refractivity contribution in [2.45, 2.75) is 44.1 Å². The lowest BCUT2D eigenvalue weighted by Gasteiger charge is -2.46. The van der Waals surface area contributed by atoms with Crippen LogP contribution in [0.5, 0.6) is 0 Å². The zero-order chi connectivity index (χ0) is 16.4. The van der Waals surface area contributed by atoms with Gasteiger partial charge in [-0.1, -0.05) is 37.3 Å². The van der Waals surface area contributed by atoms with Gasteiger partial charge in [-0.2, -0.15) is 0 Å². The standard InChI is InChI=1S/C18H24N2O3/c1-18(14-7-3-2-4-8-14)10-15(11-18)19-17(23)20-9-5-6-13(12-20)16(21)22/h2-4,7-8,13,15H,5-6,9-12H2,1H3,(H,19,23)(H,21,22). The van der Waals surface area contributed by atoms with Gasteiger partial charge in [0.2, 0.25) is 0 Å². The molecule has 3 rings (SSSR count). The zero-order valence-electron chi connectivity index (χ0n) is 13.5. The summed E-state index contributed by atoms with van der Waals surface area (Å²) in [6.07, 6.45) is 3.28. The van der Waals surface area contributed by atoms with Crippen LogP contribution in [0.2, 0.25) is 0 Å². The largest absolute Gasteiger partial charge is 0.481 e. The predicted octanol–water partition coefficient (Wildman–Crippen LogP) is 2.61. The highest BCUT2D eigenvalue weighted by Crippen LogP contribution is 2.43. The Hall–Kier alpha value is -2.04. The third-order valence-electron chi connectivity index (χ3n) is 5.25. The molecular formula is C18H24N2O3. The highest BCUT2D eigenvalue weighted by Gasteiger charge is 2.42. The van der Waals surface area contributed by atoms with Crippen molar-refractivity contribution in [1.82, 2.24) is 10.2 Å². The number of urea groups is 1. The van der Waals surface area contributed by atoms with Crippen molar-refractivity contribution in [2.24, 2.45) is 5.92 Å². The fraction of sp³-hybridized carbons (Fsp3) is 0.556. The molecule has 0 aromatic heterocycles. The Balaban J connectivity index is 1.52. The van der Waals surface area contributed by atoms with Crippen LogP contribution in [-0.2, 0) is 10.2 Å². The number of carbonyl (C=O) groups is 2. The third-order valence-corrected chi connectivity index (χ3v) is 5.25. The number of nitrogens with one attached hydrogen (secondary N) is 1. The predicted molar refractivity (Wildman–Crippen MR) is 87.3 cm³/mol. The minimum absolute atomic E-state index is 0.115. The van der Waals surface area contributed by atoms with Gasteiger partial charge in [0.1, 0.15) is 0 Å². The van der Waals surface area contributed by atoms with Gasteiger partial charge in [-0.25, -0.2) is 4.79 Å². The van der Waals surface area contributed by atoms with Gasteiger partial charge in [0.05, 0.1) is 5.92 Å². The molecule has 0 spiro atoms. The molecule has 1 saturated heterocycles. The van der Waals surface area contributed by atoms with Gasteiger partial charge in [0.25, 0.3) is 0 Å². The van der Waals surface area contributed by atoms with E-state index in [0.717, 1.165) is 19.3 Å². The molecule has 1 saturated carbocycles. The first-order valence-electron chi connectivity index (χ1n) is 8.32. The number of piperidine rings is 1. The average molecular weight is 316 g/mol. The molecule has 1 aliphatic carbocycles. The van der Waals surface area contributed by atoms with E-state index in [-0.39, 0.29) is 17.5 Å². The number of rotatable bonds is 3. The second kappa shape index (κ2) is 6.22. The Kier molecular flexibility index (Phi) is 4.28. The van der Waals surface area contributed by atoms with Gasteiger partial charge in [0.15, 0.2) is 0 Å². The molecule has 5 heteroatoms. The van der Waals surface area contributed by atoms with E-state index in [1.807, 2.05) is 18.2 Å². The summed E-state index contributed by atoms with van der Waals surface area (Å²) in [4.78, 5) is 25.1. The summed E-state index contributed by atoms with van der Waals surface area (Å²) < 4.78 is 0. The number of likely N-dealkylation sites (tertiary alicyclic amines) is 1. The normalized spacial score (nSPS) is 30.4. The molecule has 23 heavy (non-hydrogen) atoms.